The van der Waals surface area contributed by atoms with E-state index in [1.54, 1.807) is 0 Å². The van der Waals surface area contributed by atoms with Crippen LogP contribution in [-0.4, -0.2) is 20.7 Å². The van der Waals surface area contributed by atoms with Crippen LogP contribution >= 0.6 is 0 Å². The lowest BCUT2D eigenvalue weighted by atomic mass is 10.1. The number of carbonyl (C=O) groups excluding carboxylic acids is 1. The van der Waals surface area contributed by atoms with E-state index < -0.39 is 0 Å². The monoisotopic (exact) mass is 368 g/mol. The molecule has 4 rings (SSSR count). The van der Waals surface area contributed by atoms with Crippen molar-refractivity contribution < 1.29 is 4.79 Å². The number of anilines is 1. The van der Waals surface area contributed by atoms with Crippen molar-refractivity contribution >= 4 is 11.9 Å². The maximum atomic E-state index is 13.2. The van der Waals surface area contributed by atoms with Gasteiger partial charge in [-0.15, -0.1) is 5.10 Å². The summed E-state index contributed by atoms with van der Waals surface area (Å²) in [5.41, 5.74) is 3.47. The predicted molar refractivity (Wildman–Crippen MR) is 110 cm³/mol. The van der Waals surface area contributed by atoms with Crippen molar-refractivity contribution in [2.45, 2.75) is 13.5 Å². The molecule has 0 unspecified atom stereocenters. The van der Waals surface area contributed by atoms with Crippen molar-refractivity contribution in [2.75, 3.05) is 5.32 Å². The first-order chi connectivity index (χ1) is 13.7. The summed E-state index contributed by atoms with van der Waals surface area (Å²) in [7, 11) is 0. The molecule has 3 aromatic carbocycles. The zero-order valence-corrected chi connectivity index (χ0v) is 15.5. The number of aryl methyl sites for hydroxylation is 1. The van der Waals surface area contributed by atoms with Gasteiger partial charge in [-0.2, -0.15) is 9.67 Å². The molecule has 1 heterocycles. The number of aromatic nitrogens is 3. The standard InChI is InChI=1S/C23H20N4O/c1-17-10-8-9-15-20(17)22(28)27-23(24-16-18-11-4-2-5-12-18)25-21(26-27)19-13-6-3-7-14-19/h2-15H,16H2,1H3,(H,24,25,26). The summed E-state index contributed by atoms with van der Waals surface area (Å²) in [5.74, 6) is 0.734. The zero-order chi connectivity index (χ0) is 19.3. The average Bonchev–Trinajstić information content (AvgIpc) is 3.18. The van der Waals surface area contributed by atoms with E-state index in [9.17, 15) is 4.79 Å². The number of benzene rings is 3. The van der Waals surface area contributed by atoms with E-state index in [1.807, 2.05) is 91.9 Å². The van der Waals surface area contributed by atoms with Crippen LogP contribution < -0.4 is 5.32 Å². The Hall–Kier alpha value is -3.73. The lowest BCUT2D eigenvalue weighted by Gasteiger charge is -2.08. The molecule has 5 heteroatoms. The molecule has 0 fully saturated rings. The van der Waals surface area contributed by atoms with Crippen LogP contribution in [0.4, 0.5) is 5.95 Å². The largest absolute Gasteiger partial charge is 0.350 e. The molecular weight excluding hydrogens is 348 g/mol. The quantitative estimate of drug-likeness (QED) is 0.561. The Morgan fingerprint density at radius 3 is 2.25 bits per heavy atom. The van der Waals surface area contributed by atoms with E-state index in [0.29, 0.717) is 23.9 Å². The third-order valence-electron chi connectivity index (χ3n) is 4.50. The van der Waals surface area contributed by atoms with Gasteiger partial charge in [-0.25, -0.2) is 0 Å². The summed E-state index contributed by atoms with van der Waals surface area (Å²) in [5, 5.41) is 7.76. The van der Waals surface area contributed by atoms with Gasteiger partial charge in [-0.1, -0.05) is 78.9 Å². The highest BCUT2D eigenvalue weighted by Gasteiger charge is 2.19. The summed E-state index contributed by atoms with van der Waals surface area (Å²) >= 11 is 0. The molecule has 5 nitrogen and oxygen atoms in total. The van der Waals surface area contributed by atoms with Crippen LogP contribution in [0, 0.1) is 6.92 Å². The fourth-order valence-electron chi connectivity index (χ4n) is 2.98. The minimum absolute atomic E-state index is 0.205. The predicted octanol–water partition coefficient (Wildman–Crippen LogP) is 4.55. The van der Waals surface area contributed by atoms with Crippen LogP contribution in [0.3, 0.4) is 0 Å². The van der Waals surface area contributed by atoms with Gasteiger partial charge >= 0.3 is 0 Å². The molecule has 0 aliphatic rings. The second-order valence-corrected chi connectivity index (χ2v) is 6.50. The third kappa shape index (κ3) is 3.69. The molecule has 0 spiro atoms. The molecule has 28 heavy (non-hydrogen) atoms. The molecule has 0 amide bonds. The van der Waals surface area contributed by atoms with Crippen molar-refractivity contribution in [1.29, 1.82) is 0 Å². The highest BCUT2D eigenvalue weighted by Crippen LogP contribution is 2.20. The molecule has 1 aromatic heterocycles. The van der Waals surface area contributed by atoms with Crippen molar-refractivity contribution in [2.24, 2.45) is 0 Å². The molecule has 138 valence electrons. The summed E-state index contributed by atoms with van der Waals surface area (Å²) in [6, 6.07) is 27.1. The highest BCUT2D eigenvalue weighted by molar-refractivity contribution is 5.98. The summed E-state index contributed by atoms with van der Waals surface area (Å²) < 4.78 is 1.35. The Balaban J connectivity index is 1.71. The minimum atomic E-state index is -0.205. The Morgan fingerprint density at radius 2 is 1.54 bits per heavy atom. The molecule has 0 aliphatic carbocycles. The van der Waals surface area contributed by atoms with E-state index in [4.69, 9.17) is 0 Å². The van der Waals surface area contributed by atoms with Crippen molar-refractivity contribution in [1.82, 2.24) is 14.8 Å². The normalized spacial score (nSPS) is 10.6. The topological polar surface area (TPSA) is 59.8 Å². The summed E-state index contributed by atoms with van der Waals surface area (Å²) in [6.45, 7) is 2.47. The molecule has 1 N–H and O–H groups in total. The van der Waals surface area contributed by atoms with Gasteiger partial charge in [-0.05, 0) is 24.1 Å². The van der Waals surface area contributed by atoms with Crippen LogP contribution in [-0.2, 0) is 6.54 Å². The first-order valence-corrected chi connectivity index (χ1v) is 9.13. The number of rotatable bonds is 5. The molecule has 0 saturated carbocycles. The molecule has 0 radical (unpaired) electrons. The van der Waals surface area contributed by atoms with Crippen LogP contribution in [0.25, 0.3) is 11.4 Å². The summed E-state index contributed by atoms with van der Waals surface area (Å²) in [6.07, 6.45) is 0. The van der Waals surface area contributed by atoms with E-state index in [1.165, 1.54) is 4.68 Å². The van der Waals surface area contributed by atoms with Gasteiger partial charge in [-0.3, -0.25) is 4.79 Å². The summed E-state index contributed by atoms with van der Waals surface area (Å²) in [4.78, 5) is 17.8. The molecule has 4 aromatic rings. The second kappa shape index (κ2) is 7.88. The Morgan fingerprint density at radius 1 is 0.893 bits per heavy atom. The van der Waals surface area contributed by atoms with Crippen LogP contribution in [0.1, 0.15) is 21.5 Å². The lowest BCUT2D eigenvalue weighted by molar-refractivity contribution is 0.0947. The van der Waals surface area contributed by atoms with E-state index >= 15 is 0 Å². The molecular formula is C23H20N4O. The number of hydrogen-bond acceptors (Lipinski definition) is 4. The molecule has 0 atom stereocenters. The maximum absolute atomic E-state index is 13.2. The van der Waals surface area contributed by atoms with Gasteiger partial charge in [0.2, 0.25) is 5.95 Å². The van der Waals surface area contributed by atoms with E-state index in [-0.39, 0.29) is 5.91 Å². The lowest BCUT2D eigenvalue weighted by Crippen LogP contribution is -2.18. The van der Waals surface area contributed by atoms with E-state index in [2.05, 4.69) is 15.4 Å². The van der Waals surface area contributed by atoms with Crippen molar-refractivity contribution in [3.05, 3.63) is 102 Å². The SMILES string of the molecule is Cc1ccccc1C(=O)n1nc(-c2ccccc2)nc1NCc1ccccc1. The van der Waals surface area contributed by atoms with Crippen molar-refractivity contribution in [3.63, 3.8) is 0 Å². The Kier molecular flexibility index (Phi) is 4.97. The fraction of sp³-hybridized carbons (Fsp3) is 0.0870. The molecule has 0 aliphatic heterocycles. The highest BCUT2D eigenvalue weighted by atomic mass is 16.2. The number of carbonyl (C=O) groups is 1. The van der Waals surface area contributed by atoms with Crippen molar-refractivity contribution in [3.8, 4) is 11.4 Å². The van der Waals surface area contributed by atoms with Gasteiger partial charge in [0, 0.05) is 17.7 Å². The molecule has 0 saturated heterocycles. The number of nitrogens with zero attached hydrogens (tertiary/aromatic N) is 3. The fourth-order valence-corrected chi connectivity index (χ4v) is 2.98. The Bertz CT molecular complexity index is 1090. The maximum Gasteiger partial charge on any atom is 0.281 e. The number of hydrogen-bond donors (Lipinski definition) is 1. The zero-order valence-electron chi connectivity index (χ0n) is 15.5. The molecule has 0 bridgehead atoms. The van der Waals surface area contributed by atoms with Gasteiger partial charge in [0.15, 0.2) is 5.82 Å². The third-order valence-corrected chi connectivity index (χ3v) is 4.50. The average molecular weight is 368 g/mol. The van der Waals surface area contributed by atoms with Gasteiger partial charge in [0.05, 0.1) is 0 Å². The van der Waals surface area contributed by atoms with Crippen LogP contribution in [0.5, 0.6) is 0 Å². The van der Waals surface area contributed by atoms with Gasteiger partial charge in [0.25, 0.3) is 5.91 Å². The van der Waals surface area contributed by atoms with Gasteiger partial charge in [0.1, 0.15) is 0 Å². The van der Waals surface area contributed by atoms with Gasteiger partial charge < -0.3 is 5.32 Å². The van der Waals surface area contributed by atoms with Crippen LogP contribution in [0.15, 0.2) is 84.9 Å². The minimum Gasteiger partial charge on any atom is -0.350 e. The van der Waals surface area contributed by atoms with E-state index in [0.717, 1.165) is 16.7 Å². The first kappa shape index (κ1) is 17.7. The number of nitrogens with one attached hydrogen (secondary N) is 1. The second-order valence-electron chi connectivity index (χ2n) is 6.50. The smallest absolute Gasteiger partial charge is 0.281 e. The van der Waals surface area contributed by atoms with Crippen LogP contribution in [0.2, 0.25) is 0 Å². The first-order valence-electron chi connectivity index (χ1n) is 9.13. The Labute approximate surface area is 163 Å².